The summed E-state index contributed by atoms with van der Waals surface area (Å²) >= 11 is 0. The zero-order chi connectivity index (χ0) is 28.8. The average Bonchev–Trinajstić information content (AvgIpc) is 2.88. The van der Waals surface area contributed by atoms with Crippen molar-refractivity contribution in [3.05, 3.63) is 96.1 Å². The lowest BCUT2D eigenvalue weighted by Gasteiger charge is -2.22. The van der Waals surface area contributed by atoms with Crippen LogP contribution in [0.25, 0.3) is 6.08 Å². The highest BCUT2D eigenvalue weighted by Crippen LogP contribution is 2.22. The number of alkyl carbamates (subject to hydrolysis) is 1. The number of nitrogens with two attached hydrogens (primary N) is 1. The van der Waals surface area contributed by atoms with E-state index in [4.69, 9.17) is 15.2 Å². The van der Waals surface area contributed by atoms with Gasteiger partial charge in [-0.25, -0.2) is 14.4 Å². The Morgan fingerprint density at radius 2 is 1.59 bits per heavy atom. The van der Waals surface area contributed by atoms with Crippen LogP contribution in [0.3, 0.4) is 0 Å². The highest BCUT2D eigenvalue weighted by Gasteiger charge is 2.24. The van der Waals surface area contributed by atoms with Crippen molar-refractivity contribution in [3.8, 4) is 11.5 Å². The maximum absolute atomic E-state index is 11.9. The summed E-state index contributed by atoms with van der Waals surface area (Å²) in [6.07, 6.45) is 2.39. The number of para-hydroxylation sites is 1. The molecule has 0 unspecified atom stereocenters. The molecule has 9 heteroatoms. The van der Waals surface area contributed by atoms with Crippen LogP contribution in [0.2, 0.25) is 0 Å². The zero-order valence-corrected chi connectivity index (χ0v) is 22.4. The fraction of sp³-hybridized carbons (Fsp3) is 0.233. The van der Waals surface area contributed by atoms with Gasteiger partial charge in [0.25, 0.3) is 0 Å². The number of hydrogen-bond donors (Lipinski definition) is 3. The number of methoxy groups -OCH3 is 1. The zero-order valence-electron chi connectivity index (χ0n) is 22.4. The molecule has 0 aliphatic heterocycles. The number of nitrogen functional groups attached to an aromatic ring is 1. The molecule has 206 valence electrons. The summed E-state index contributed by atoms with van der Waals surface area (Å²) in [6, 6.07) is 22.5. The van der Waals surface area contributed by atoms with Gasteiger partial charge in [0.15, 0.2) is 0 Å². The van der Waals surface area contributed by atoms with Gasteiger partial charge >= 0.3 is 18.0 Å². The van der Waals surface area contributed by atoms with Crippen molar-refractivity contribution in [1.29, 1.82) is 0 Å². The number of carbonyl (C=O) groups is 3. The van der Waals surface area contributed by atoms with Gasteiger partial charge in [0.05, 0.1) is 7.11 Å². The summed E-state index contributed by atoms with van der Waals surface area (Å²) < 4.78 is 15.3. The lowest BCUT2D eigenvalue weighted by Crippen LogP contribution is -2.44. The molecule has 1 atom stereocenters. The number of anilines is 1. The molecule has 0 bridgehead atoms. The van der Waals surface area contributed by atoms with Crippen LogP contribution in [0.15, 0.2) is 84.9 Å². The van der Waals surface area contributed by atoms with Crippen LogP contribution in [-0.2, 0) is 25.5 Å². The van der Waals surface area contributed by atoms with Gasteiger partial charge in [0, 0.05) is 18.2 Å². The molecule has 0 fully saturated rings. The number of benzene rings is 3. The minimum Gasteiger partial charge on any atom is -0.480 e. The normalized spacial score (nSPS) is 11.5. The number of hydrogen-bond acceptors (Lipinski definition) is 7. The van der Waals surface area contributed by atoms with E-state index in [1.807, 2.05) is 42.5 Å². The van der Waals surface area contributed by atoms with Crippen LogP contribution in [0.1, 0.15) is 31.9 Å². The minimum absolute atomic E-state index is 0.112. The van der Waals surface area contributed by atoms with E-state index in [0.717, 1.165) is 11.1 Å². The Morgan fingerprint density at radius 3 is 2.18 bits per heavy atom. The summed E-state index contributed by atoms with van der Waals surface area (Å²) in [5.74, 6) is -0.219. The van der Waals surface area contributed by atoms with E-state index in [9.17, 15) is 19.5 Å². The third kappa shape index (κ3) is 12.3. The molecule has 3 aromatic rings. The number of ether oxygens (including phenoxy) is 3. The maximum atomic E-state index is 11.9. The average molecular weight is 535 g/mol. The van der Waals surface area contributed by atoms with Gasteiger partial charge in [-0.3, -0.25) is 0 Å². The second kappa shape index (κ2) is 14.8. The second-order valence-corrected chi connectivity index (χ2v) is 9.33. The SMILES string of the molecule is CC(C)(C)OC(=O)N[C@@H](Cc1cccc(Oc2ccccc2)c1)C(=O)O.COC(=O)/C=C/c1ccc(N)cc1. The van der Waals surface area contributed by atoms with Crippen molar-refractivity contribution < 1.29 is 33.7 Å². The van der Waals surface area contributed by atoms with Gasteiger partial charge in [-0.15, -0.1) is 0 Å². The minimum atomic E-state index is -1.13. The number of nitrogens with one attached hydrogen (secondary N) is 1. The first-order valence-corrected chi connectivity index (χ1v) is 12.1. The second-order valence-electron chi connectivity index (χ2n) is 9.33. The van der Waals surface area contributed by atoms with Crippen molar-refractivity contribution in [2.75, 3.05) is 12.8 Å². The Bertz CT molecular complexity index is 1250. The van der Waals surface area contributed by atoms with Crippen molar-refractivity contribution in [2.24, 2.45) is 0 Å². The molecule has 0 aliphatic carbocycles. The number of amides is 1. The number of carboxylic acids is 1. The molecule has 9 nitrogen and oxygen atoms in total. The van der Waals surface area contributed by atoms with Crippen molar-refractivity contribution in [2.45, 2.75) is 38.8 Å². The Hall–Kier alpha value is -4.79. The van der Waals surface area contributed by atoms with Gasteiger partial charge in [-0.05, 0) is 74.4 Å². The van der Waals surface area contributed by atoms with Crippen LogP contribution in [0.4, 0.5) is 10.5 Å². The lowest BCUT2D eigenvalue weighted by atomic mass is 10.1. The molecular weight excluding hydrogens is 500 g/mol. The predicted octanol–water partition coefficient (Wildman–Crippen LogP) is 5.45. The van der Waals surface area contributed by atoms with Gasteiger partial charge in [-0.1, -0.05) is 42.5 Å². The predicted molar refractivity (Wildman–Crippen MR) is 149 cm³/mol. The number of aliphatic carboxylic acids is 1. The van der Waals surface area contributed by atoms with Crippen LogP contribution in [0, 0.1) is 0 Å². The number of rotatable bonds is 8. The fourth-order valence-corrected chi connectivity index (χ4v) is 3.09. The first-order chi connectivity index (χ1) is 18.4. The van der Waals surface area contributed by atoms with Gasteiger partial charge in [0.2, 0.25) is 0 Å². The molecule has 1 amide bonds. The standard InChI is InChI=1S/C20H23NO5.C10H11NO2/c1-20(2,3)26-19(24)21-17(18(22)23)13-14-8-7-11-16(12-14)25-15-9-5-4-6-10-15;1-13-10(12)7-4-8-2-5-9(11)6-3-8/h4-12,17H,13H2,1-3H3,(H,21,24)(H,22,23);2-7H,11H2,1H3/b;7-4+/t17-;/m0./s1. The Labute approximate surface area is 228 Å². The third-order valence-electron chi connectivity index (χ3n) is 4.86. The number of esters is 1. The van der Waals surface area contributed by atoms with E-state index in [1.165, 1.54) is 13.2 Å². The number of carboxylic acid groups (broad SMARTS) is 1. The molecule has 3 aromatic carbocycles. The number of carbonyl (C=O) groups excluding carboxylic acids is 2. The fourth-order valence-electron chi connectivity index (χ4n) is 3.09. The van der Waals surface area contributed by atoms with E-state index in [-0.39, 0.29) is 12.4 Å². The molecular formula is C30H34N2O7. The highest BCUT2D eigenvalue weighted by atomic mass is 16.6. The van der Waals surface area contributed by atoms with E-state index >= 15 is 0 Å². The van der Waals surface area contributed by atoms with Gasteiger partial charge in [0.1, 0.15) is 23.1 Å². The van der Waals surface area contributed by atoms with Gasteiger partial charge < -0.3 is 30.4 Å². The van der Waals surface area contributed by atoms with E-state index in [2.05, 4.69) is 10.1 Å². The maximum Gasteiger partial charge on any atom is 0.408 e. The summed E-state index contributed by atoms with van der Waals surface area (Å²) in [4.78, 5) is 34.0. The van der Waals surface area contributed by atoms with Gasteiger partial charge in [-0.2, -0.15) is 0 Å². The molecule has 4 N–H and O–H groups in total. The highest BCUT2D eigenvalue weighted by molar-refractivity contribution is 5.87. The van der Waals surface area contributed by atoms with Crippen LogP contribution in [0.5, 0.6) is 11.5 Å². The molecule has 0 saturated carbocycles. The molecule has 0 heterocycles. The first-order valence-electron chi connectivity index (χ1n) is 12.1. The molecule has 0 saturated heterocycles. The molecule has 0 aliphatic rings. The van der Waals surface area contributed by atoms with Crippen molar-refractivity contribution >= 4 is 29.8 Å². The Morgan fingerprint density at radius 1 is 0.949 bits per heavy atom. The Balaban J connectivity index is 0.000000344. The third-order valence-corrected chi connectivity index (χ3v) is 4.86. The summed E-state index contributed by atoms with van der Waals surface area (Å²) in [7, 11) is 1.34. The van der Waals surface area contributed by atoms with E-state index < -0.39 is 23.7 Å². The van der Waals surface area contributed by atoms with E-state index in [0.29, 0.717) is 17.2 Å². The quantitative estimate of drug-likeness (QED) is 0.197. The Kier molecular flexibility index (Phi) is 11.6. The summed E-state index contributed by atoms with van der Waals surface area (Å²) in [5, 5.41) is 11.8. The van der Waals surface area contributed by atoms with Crippen molar-refractivity contribution in [3.63, 3.8) is 0 Å². The largest absolute Gasteiger partial charge is 0.480 e. The van der Waals surface area contributed by atoms with Crippen molar-refractivity contribution in [1.82, 2.24) is 5.32 Å². The summed E-state index contributed by atoms with van der Waals surface area (Å²) in [6.45, 7) is 5.15. The monoisotopic (exact) mass is 534 g/mol. The molecule has 0 radical (unpaired) electrons. The first kappa shape index (κ1) is 30.4. The molecule has 0 aromatic heterocycles. The summed E-state index contributed by atoms with van der Waals surface area (Å²) in [5.41, 5.74) is 7.14. The molecule has 39 heavy (non-hydrogen) atoms. The van der Waals surface area contributed by atoms with Crippen LogP contribution >= 0.6 is 0 Å². The smallest absolute Gasteiger partial charge is 0.408 e. The van der Waals surface area contributed by atoms with Crippen LogP contribution in [-0.4, -0.2) is 41.9 Å². The van der Waals surface area contributed by atoms with Crippen LogP contribution < -0.4 is 15.8 Å². The topological polar surface area (TPSA) is 137 Å². The lowest BCUT2D eigenvalue weighted by molar-refractivity contribution is -0.139. The molecule has 3 rings (SSSR count). The van der Waals surface area contributed by atoms with E-state index in [1.54, 1.807) is 63.2 Å². The molecule has 0 spiro atoms.